The predicted molar refractivity (Wildman–Crippen MR) is 112 cm³/mol. The molecule has 1 aromatic heterocycles. The van der Waals surface area contributed by atoms with Crippen LogP contribution in [0.3, 0.4) is 0 Å². The Bertz CT molecular complexity index is 1080. The van der Waals surface area contributed by atoms with Crippen molar-refractivity contribution >= 4 is 29.6 Å². The van der Waals surface area contributed by atoms with Crippen molar-refractivity contribution in [1.29, 1.82) is 0 Å². The molecular formula is C22H22N4O6. The lowest BCUT2D eigenvalue weighted by atomic mass is 10.00. The number of nitrogens with zero attached hydrogens (tertiary/aromatic N) is 2. The molecule has 2 atom stereocenters. The average Bonchev–Trinajstić information content (AvgIpc) is 3.38. The van der Waals surface area contributed by atoms with Crippen LogP contribution >= 0.6 is 0 Å². The second-order valence-electron chi connectivity index (χ2n) is 7.25. The fraction of sp³-hybridized carbons (Fsp3) is 0.273. The number of carbonyl (C=O) groups is 4. The zero-order valence-corrected chi connectivity index (χ0v) is 17.5. The van der Waals surface area contributed by atoms with Gasteiger partial charge in [0, 0.05) is 5.69 Å². The van der Waals surface area contributed by atoms with Gasteiger partial charge < -0.3 is 19.8 Å². The van der Waals surface area contributed by atoms with Crippen LogP contribution in [0.4, 0.5) is 15.3 Å². The van der Waals surface area contributed by atoms with Gasteiger partial charge in [0.1, 0.15) is 17.8 Å². The van der Waals surface area contributed by atoms with Crippen LogP contribution in [-0.2, 0) is 14.3 Å². The number of rotatable bonds is 6. The molecule has 166 valence electrons. The summed E-state index contributed by atoms with van der Waals surface area (Å²) in [6, 6.07) is 9.23. The molecule has 2 aromatic rings. The highest BCUT2D eigenvalue weighted by atomic mass is 16.5. The van der Waals surface area contributed by atoms with E-state index in [0.29, 0.717) is 11.4 Å². The minimum atomic E-state index is -0.928. The Morgan fingerprint density at radius 2 is 1.88 bits per heavy atom. The summed E-state index contributed by atoms with van der Waals surface area (Å²) in [4.78, 5) is 53.6. The molecule has 10 nitrogen and oxygen atoms in total. The molecular weight excluding hydrogens is 416 g/mol. The first kappa shape index (κ1) is 21.2. The number of hydrogen-bond acceptors (Lipinski definition) is 6. The summed E-state index contributed by atoms with van der Waals surface area (Å²) in [5.74, 6) is -0.820. The molecule has 2 N–H and O–H groups in total. The maximum absolute atomic E-state index is 13.1. The Morgan fingerprint density at radius 1 is 1.12 bits per heavy atom. The number of nitrogens with one attached hydrogen (secondary N) is 2. The third-order valence-corrected chi connectivity index (χ3v) is 5.27. The van der Waals surface area contributed by atoms with E-state index < -0.39 is 36.0 Å². The summed E-state index contributed by atoms with van der Waals surface area (Å²) in [6.45, 7) is 3.08. The van der Waals surface area contributed by atoms with Gasteiger partial charge in [0.05, 0.1) is 30.7 Å². The van der Waals surface area contributed by atoms with E-state index in [2.05, 4.69) is 10.6 Å². The molecule has 4 rings (SSSR count). The molecule has 10 heteroatoms. The summed E-state index contributed by atoms with van der Waals surface area (Å²) in [5.41, 5.74) is 0.730. The summed E-state index contributed by atoms with van der Waals surface area (Å²) in [5, 5.41) is 5.19. The number of hydrogen-bond donors (Lipinski definition) is 2. The topological polar surface area (TPSA) is 121 Å². The first-order valence-electron chi connectivity index (χ1n) is 10.1. The van der Waals surface area contributed by atoms with Gasteiger partial charge in [0.25, 0.3) is 5.91 Å². The number of urea groups is 2. The maximum Gasteiger partial charge on any atom is 0.338 e. The van der Waals surface area contributed by atoms with Crippen LogP contribution in [-0.4, -0.2) is 48.0 Å². The van der Waals surface area contributed by atoms with Crippen LogP contribution in [0, 0.1) is 0 Å². The molecule has 3 heterocycles. The quantitative estimate of drug-likeness (QED) is 0.527. The smallest absolute Gasteiger partial charge is 0.338 e. The number of amides is 5. The fourth-order valence-electron chi connectivity index (χ4n) is 3.81. The second-order valence-corrected chi connectivity index (χ2v) is 7.25. The van der Waals surface area contributed by atoms with Crippen LogP contribution in [0.15, 0.2) is 64.4 Å². The maximum atomic E-state index is 13.1. The summed E-state index contributed by atoms with van der Waals surface area (Å²) >= 11 is 0. The molecule has 32 heavy (non-hydrogen) atoms. The molecule has 5 amide bonds. The second kappa shape index (κ2) is 8.58. The Hall–Kier alpha value is -4.08. The number of esters is 1. The number of carbonyl (C=O) groups excluding carboxylic acids is 4. The van der Waals surface area contributed by atoms with E-state index in [0.717, 1.165) is 4.90 Å². The summed E-state index contributed by atoms with van der Waals surface area (Å²) < 4.78 is 10.6. The molecule has 0 saturated carbocycles. The van der Waals surface area contributed by atoms with Gasteiger partial charge in [0.2, 0.25) is 0 Å². The van der Waals surface area contributed by atoms with Crippen molar-refractivity contribution in [3.8, 4) is 0 Å². The van der Waals surface area contributed by atoms with E-state index in [1.54, 1.807) is 50.2 Å². The van der Waals surface area contributed by atoms with E-state index in [1.165, 1.54) is 11.2 Å². The van der Waals surface area contributed by atoms with Gasteiger partial charge in [-0.3, -0.25) is 14.6 Å². The zero-order chi connectivity index (χ0) is 22.8. The number of ether oxygens (including phenoxy) is 1. The first-order chi connectivity index (χ1) is 15.4. The fourth-order valence-corrected chi connectivity index (χ4v) is 3.81. The van der Waals surface area contributed by atoms with Gasteiger partial charge in [-0.15, -0.1) is 0 Å². The number of benzene rings is 1. The van der Waals surface area contributed by atoms with Crippen molar-refractivity contribution < 1.29 is 28.3 Å². The van der Waals surface area contributed by atoms with E-state index >= 15 is 0 Å². The molecule has 2 aliphatic rings. The number of imide groups is 1. The minimum Gasteiger partial charge on any atom is -0.467 e. The molecule has 1 aromatic carbocycles. The van der Waals surface area contributed by atoms with Gasteiger partial charge in [-0.05, 0) is 38.1 Å². The Morgan fingerprint density at radius 3 is 2.53 bits per heavy atom. The largest absolute Gasteiger partial charge is 0.467 e. The lowest BCUT2D eigenvalue weighted by molar-refractivity contribution is -0.139. The monoisotopic (exact) mass is 438 g/mol. The van der Waals surface area contributed by atoms with Crippen LogP contribution in [0.1, 0.15) is 25.6 Å². The van der Waals surface area contributed by atoms with E-state index in [4.69, 9.17) is 9.15 Å². The highest BCUT2D eigenvalue weighted by Gasteiger charge is 2.45. The predicted octanol–water partition coefficient (Wildman–Crippen LogP) is 2.31. The Kier molecular flexibility index (Phi) is 5.67. The molecule has 2 aliphatic heterocycles. The van der Waals surface area contributed by atoms with Crippen molar-refractivity contribution in [2.45, 2.75) is 25.9 Å². The molecule has 0 aliphatic carbocycles. The van der Waals surface area contributed by atoms with Gasteiger partial charge >= 0.3 is 18.0 Å². The normalized spacial score (nSPS) is 21.0. The van der Waals surface area contributed by atoms with Crippen LogP contribution in [0.2, 0.25) is 0 Å². The zero-order valence-electron chi connectivity index (χ0n) is 17.5. The number of para-hydroxylation sites is 1. The third-order valence-electron chi connectivity index (χ3n) is 5.27. The molecule has 1 saturated heterocycles. The Balaban J connectivity index is 1.72. The standard InChI is InChI=1S/C22H22N4O6/c1-3-31-20(28)17-15(23-21(29)24-18(17)16-10-7-11-32-16)12-25-19(27)13(2)26(22(25)30)14-8-5-4-6-9-14/h4-11,13,18H,3,12H2,1-2H3,(H2,23,24,29)/t13-,18-/m1/s1. The number of furan rings is 1. The van der Waals surface area contributed by atoms with Crippen molar-refractivity contribution in [2.24, 2.45) is 0 Å². The minimum absolute atomic E-state index is 0.0628. The highest BCUT2D eigenvalue weighted by molar-refractivity contribution is 6.14. The summed E-state index contributed by atoms with van der Waals surface area (Å²) in [6.07, 6.45) is 1.42. The van der Waals surface area contributed by atoms with Gasteiger partial charge in [0.15, 0.2) is 0 Å². The summed E-state index contributed by atoms with van der Waals surface area (Å²) in [7, 11) is 0. The van der Waals surface area contributed by atoms with Crippen molar-refractivity contribution in [3.63, 3.8) is 0 Å². The van der Waals surface area contributed by atoms with Crippen LogP contribution in [0.25, 0.3) is 0 Å². The molecule has 0 bridgehead atoms. The number of anilines is 1. The van der Waals surface area contributed by atoms with Crippen molar-refractivity contribution in [2.75, 3.05) is 18.1 Å². The highest BCUT2D eigenvalue weighted by Crippen LogP contribution is 2.31. The van der Waals surface area contributed by atoms with Gasteiger partial charge in [-0.1, -0.05) is 18.2 Å². The lowest BCUT2D eigenvalue weighted by Crippen LogP contribution is -2.49. The van der Waals surface area contributed by atoms with E-state index in [-0.39, 0.29) is 24.4 Å². The van der Waals surface area contributed by atoms with Gasteiger partial charge in [-0.2, -0.15) is 0 Å². The SMILES string of the molecule is CCOC(=O)C1=C(CN2C(=O)[C@@H](C)N(c3ccccc3)C2=O)NC(=O)N[C@@H]1c1ccco1. The molecule has 0 spiro atoms. The molecule has 0 unspecified atom stereocenters. The molecule has 0 radical (unpaired) electrons. The van der Waals surface area contributed by atoms with Crippen LogP contribution in [0.5, 0.6) is 0 Å². The van der Waals surface area contributed by atoms with Gasteiger partial charge in [-0.25, -0.2) is 14.4 Å². The van der Waals surface area contributed by atoms with E-state index in [1.807, 2.05) is 6.07 Å². The van der Waals surface area contributed by atoms with Crippen molar-refractivity contribution in [1.82, 2.24) is 15.5 Å². The molecule has 1 fully saturated rings. The van der Waals surface area contributed by atoms with Crippen LogP contribution < -0.4 is 15.5 Å². The first-order valence-corrected chi connectivity index (χ1v) is 10.1. The average molecular weight is 438 g/mol. The van der Waals surface area contributed by atoms with Crippen molar-refractivity contribution in [3.05, 3.63) is 65.8 Å². The lowest BCUT2D eigenvalue weighted by Gasteiger charge is -2.29. The third kappa shape index (κ3) is 3.70. The van der Waals surface area contributed by atoms with E-state index in [9.17, 15) is 19.2 Å². The Labute approximate surface area is 183 Å².